The molecule has 0 radical (unpaired) electrons. The van der Waals surface area contributed by atoms with E-state index in [9.17, 15) is 14.0 Å². The predicted octanol–water partition coefficient (Wildman–Crippen LogP) is 5.17. The Bertz CT molecular complexity index is 1030. The molecule has 0 aromatic heterocycles. The summed E-state index contributed by atoms with van der Waals surface area (Å²) in [5, 5.41) is 0. The normalized spacial score (nSPS) is 11.4. The van der Waals surface area contributed by atoms with Crippen LogP contribution in [0.4, 0.5) is 4.39 Å². The number of benzene rings is 3. The molecular formula is C24H19FO4. The van der Waals surface area contributed by atoms with Gasteiger partial charge in [0, 0.05) is 16.7 Å². The van der Waals surface area contributed by atoms with E-state index in [2.05, 4.69) is 6.58 Å². The third-order valence-electron chi connectivity index (χ3n) is 4.38. The van der Waals surface area contributed by atoms with Gasteiger partial charge in [0.05, 0.1) is 12.7 Å². The second-order valence-electron chi connectivity index (χ2n) is 6.26. The molecule has 0 fully saturated rings. The molecule has 4 nitrogen and oxygen atoms in total. The first-order valence-electron chi connectivity index (χ1n) is 8.89. The van der Waals surface area contributed by atoms with Crippen LogP contribution in [0.25, 0.3) is 0 Å². The fraction of sp³-hybridized carbons (Fsp3) is 0.0833. The van der Waals surface area contributed by atoms with E-state index in [1.807, 2.05) is 0 Å². The Morgan fingerprint density at radius 3 is 2.10 bits per heavy atom. The van der Waals surface area contributed by atoms with Crippen LogP contribution >= 0.6 is 0 Å². The summed E-state index contributed by atoms with van der Waals surface area (Å²) >= 11 is 0. The molecule has 0 N–H and O–H groups in total. The van der Waals surface area contributed by atoms with E-state index in [0.29, 0.717) is 16.9 Å². The smallest absolute Gasteiger partial charge is 0.339 e. The molecule has 0 saturated carbocycles. The molecule has 0 spiro atoms. The average Bonchev–Trinajstić information content (AvgIpc) is 2.77. The van der Waals surface area contributed by atoms with Crippen LogP contribution in [0.15, 0.2) is 91.0 Å². The lowest BCUT2D eigenvalue weighted by Gasteiger charge is -2.21. The minimum atomic E-state index is -1.27. The summed E-state index contributed by atoms with van der Waals surface area (Å²) in [5.41, 5.74) is 0.625. The van der Waals surface area contributed by atoms with E-state index >= 15 is 0 Å². The molecule has 0 heterocycles. The third-order valence-corrected chi connectivity index (χ3v) is 4.38. The van der Waals surface area contributed by atoms with Gasteiger partial charge in [0.2, 0.25) is 0 Å². The maximum atomic E-state index is 14.5. The van der Waals surface area contributed by atoms with Crippen LogP contribution in [-0.4, -0.2) is 18.9 Å². The van der Waals surface area contributed by atoms with Crippen LogP contribution in [0.1, 0.15) is 32.4 Å². The number of carbonyl (C=O) groups excluding carboxylic acids is 2. The van der Waals surface area contributed by atoms with Crippen LogP contribution in [0.2, 0.25) is 0 Å². The highest BCUT2D eigenvalue weighted by atomic mass is 19.1. The number of Topliss-reactive ketones (excluding diaryl/α,β-unsaturated/α-hetero) is 1. The Balaban J connectivity index is 1.93. The summed E-state index contributed by atoms with van der Waals surface area (Å²) in [6.07, 6.45) is -1.27. The van der Waals surface area contributed by atoms with Crippen molar-refractivity contribution in [1.82, 2.24) is 0 Å². The minimum absolute atomic E-state index is 0.0513. The number of ether oxygens (including phenoxy) is 2. The molecule has 3 aromatic carbocycles. The van der Waals surface area contributed by atoms with Crippen molar-refractivity contribution in [2.24, 2.45) is 0 Å². The van der Waals surface area contributed by atoms with Gasteiger partial charge in [-0.05, 0) is 42.5 Å². The van der Waals surface area contributed by atoms with Crippen molar-refractivity contribution in [2.75, 3.05) is 7.11 Å². The number of hydrogen-bond donors (Lipinski definition) is 0. The van der Waals surface area contributed by atoms with Gasteiger partial charge in [0.1, 0.15) is 11.6 Å². The van der Waals surface area contributed by atoms with Gasteiger partial charge in [-0.15, -0.1) is 0 Å². The molecule has 3 rings (SSSR count). The van der Waals surface area contributed by atoms with Gasteiger partial charge in [-0.2, -0.15) is 0 Å². The Morgan fingerprint density at radius 2 is 1.48 bits per heavy atom. The van der Waals surface area contributed by atoms with Gasteiger partial charge in [0.25, 0.3) is 0 Å². The fourth-order valence-corrected chi connectivity index (χ4v) is 2.81. The molecule has 0 aliphatic rings. The number of carbonyl (C=O) groups is 2. The fourth-order valence-electron chi connectivity index (χ4n) is 2.81. The highest BCUT2D eigenvalue weighted by molar-refractivity contribution is 6.09. The molecular weight excluding hydrogens is 371 g/mol. The summed E-state index contributed by atoms with van der Waals surface area (Å²) in [6.45, 7) is 3.81. The minimum Gasteiger partial charge on any atom is -0.497 e. The topological polar surface area (TPSA) is 52.6 Å². The van der Waals surface area contributed by atoms with Crippen molar-refractivity contribution in [3.05, 3.63) is 114 Å². The Labute approximate surface area is 168 Å². The second-order valence-corrected chi connectivity index (χ2v) is 6.26. The van der Waals surface area contributed by atoms with Crippen molar-refractivity contribution in [2.45, 2.75) is 6.10 Å². The van der Waals surface area contributed by atoms with E-state index in [-0.39, 0.29) is 11.1 Å². The van der Waals surface area contributed by atoms with Crippen LogP contribution in [0.5, 0.6) is 5.75 Å². The zero-order valence-electron chi connectivity index (χ0n) is 15.8. The van der Waals surface area contributed by atoms with Crippen LogP contribution in [0.3, 0.4) is 0 Å². The standard InChI is InChI=1S/C24H19FO4/c1-16(22(26)17-12-14-19(28-2)15-13-17)23(20-10-6-7-11-21(20)25)29-24(27)18-8-4-3-5-9-18/h3-15,23H,1H2,2H3. The first-order valence-corrected chi connectivity index (χ1v) is 8.89. The van der Waals surface area contributed by atoms with E-state index < -0.39 is 23.7 Å². The van der Waals surface area contributed by atoms with Gasteiger partial charge >= 0.3 is 5.97 Å². The van der Waals surface area contributed by atoms with Crippen LogP contribution in [0, 0.1) is 5.82 Å². The lowest BCUT2D eigenvalue weighted by molar-refractivity contribution is 0.0362. The summed E-state index contributed by atoms with van der Waals surface area (Å²) < 4.78 is 25.1. The molecule has 29 heavy (non-hydrogen) atoms. The predicted molar refractivity (Wildman–Crippen MR) is 107 cm³/mol. The molecule has 0 aliphatic carbocycles. The molecule has 5 heteroatoms. The zero-order valence-corrected chi connectivity index (χ0v) is 15.8. The molecule has 0 bridgehead atoms. The summed E-state index contributed by atoms with van der Waals surface area (Å²) in [6, 6.07) is 20.5. The van der Waals surface area contributed by atoms with Crippen molar-refractivity contribution in [3.8, 4) is 5.75 Å². The SMILES string of the molecule is C=C(C(=O)c1ccc(OC)cc1)C(OC(=O)c1ccccc1)c1ccccc1F. The van der Waals surface area contributed by atoms with Gasteiger partial charge in [0.15, 0.2) is 11.9 Å². The highest BCUT2D eigenvalue weighted by Gasteiger charge is 2.28. The molecule has 3 aromatic rings. The van der Waals surface area contributed by atoms with Gasteiger partial charge < -0.3 is 9.47 Å². The molecule has 1 unspecified atom stereocenters. The zero-order chi connectivity index (χ0) is 20.8. The molecule has 0 amide bonds. The number of methoxy groups -OCH3 is 1. The molecule has 146 valence electrons. The van der Waals surface area contributed by atoms with E-state index in [1.165, 1.54) is 25.3 Å². The van der Waals surface area contributed by atoms with Crippen molar-refractivity contribution in [1.29, 1.82) is 0 Å². The van der Waals surface area contributed by atoms with Crippen molar-refractivity contribution < 1.29 is 23.5 Å². The number of rotatable bonds is 7. The molecule has 0 aliphatic heterocycles. The highest BCUT2D eigenvalue weighted by Crippen LogP contribution is 2.30. The quantitative estimate of drug-likeness (QED) is 0.317. The summed E-state index contributed by atoms with van der Waals surface area (Å²) in [7, 11) is 1.52. The van der Waals surface area contributed by atoms with Gasteiger partial charge in [-0.25, -0.2) is 9.18 Å². The first-order chi connectivity index (χ1) is 14.0. The van der Waals surface area contributed by atoms with E-state index in [0.717, 1.165) is 0 Å². The average molecular weight is 390 g/mol. The monoisotopic (exact) mass is 390 g/mol. The lowest BCUT2D eigenvalue weighted by Crippen LogP contribution is -2.19. The third kappa shape index (κ3) is 4.58. The van der Waals surface area contributed by atoms with Gasteiger partial charge in [-0.3, -0.25) is 4.79 Å². The molecule has 1 atom stereocenters. The van der Waals surface area contributed by atoms with Gasteiger partial charge in [-0.1, -0.05) is 43.0 Å². The number of ketones is 1. The lowest BCUT2D eigenvalue weighted by atomic mass is 9.95. The maximum absolute atomic E-state index is 14.5. The maximum Gasteiger partial charge on any atom is 0.339 e. The van der Waals surface area contributed by atoms with Crippen molar-refractivity contribution >= 4 is 11.8 Å². The van der Waals surface area contributed by atoms with Crippen LogP contribution < -0.4 is 4.74 Å². The van der Waals surface area contributed by atoms with E-state index in [4.69, 9.17) is 9.47 Å². The largest absolute Gasteiger partial charge is 0.497 e. The number of halogens is 1. The summed E-state index contributed by atoms with van der Waals surface area (Å²) in [5.74, 6) is -1.14. The number of esters is 1. The Hall–Kier alpha value is -3.73. The Morgan fingerprint density at radius 1 is 0.862 bits per heavy atom. The second kappa shape index (κ2) is 8.97. The first kappa shape index (κ1) is 20.0. The van der Waals surface area contributed by atoms with E-state index in [1.54, 1.807) is 60.7 Å². The summed E-state index contributed by atoms with van der Waals surface area (Å²) in [4.78, 5) is 25.5. The van der Waals surface area contributed by atoms with Crippen LogP contribution in [-0.2, 0) is 4.74 Å². The molecule has 0 saturated heterocycles. The Kier molecular flexibility index (Phi) is 6.19. The van der Waals surface area contributed by atoms with Crippen molar-refractivity contribution in [3.63, 3.8) is 0 Å². The number of hydrogen-bond acceptors (Lipinski definition) is 4.